The van der Waals surface area contributed by atoms with Crippen molar-refractivity contribution >= 4 is 29.2 Å². The smallest absolute Gasteiger partial charge is 0.310 e. The minimum absolute atomic E-state index is 0.0451. The molecule has 6 heteroatoms. The Kier molecular flexibility index (Phi) is 5.71. The Balaban J connectivity index is 1.83. The number of carbonyl (C=O) groups is 2. The van der Waals surface area contributed by atoms with E-state index in [2.05, 4.69) is 5.32 Å². The normalized spacial score (nSPS) is 10.2. The van der Waals surface area contributed by atoms with Crippen LogP contribution >= 0.6 is 11.6 Å². The van der Waals surface area contributed by atoms with Crippen LogP contribution in [0.1, 0.15) is 11.1 Å². The van der Waals surface area contributed by atoms with Gasteiger partial charge in [-0.1, -0.05) is 29.8 Å². The molecule has 0 aliphatic rings. The molecule has 2 aromatic carbocycles. The first kappa shape index (κ1) is 17.0. The van der Waals surface area contributed by atoms with Crippen molar-refractivity contribution in [1.82, 2.24) is 0 Å². The molecule has 0 bridgehead atoms. The molecule has 2 rings (SSSR count). The molecule has 0 spiro atoms. The molecule has 0 aliphatic heterocycles. The van der Waals surface area contributed by atoms with Crippen molar-refractivity contribution in [3.63, 3.8) is 0 Å². The molecule has 0 atom stereocenters. The molecule has 0 radical (unpaired) electrons. The van der Waals surface area contributed by atoms with E-state index in [9.17, 15) is 14.0 Å². The van der Waals surface area contributed by atoms with Crippen molar-refractivity contribution in [3.05, 3.63) is 64.4 Å². The van der Waals surface area contributed by atoms with Crippen LogP contribution in [0.2, 0.25) is 5.02 Å². The molecule has 0 saturated heterocycles. The number of amides is 1. The molecule has 1 amide bonds. The summed E-state index contributed by atoms with van der Waals surface area (Å²) < 4.78 is 18.0. The van der Waals surface area contributed by atoms with Gasteiger partial charge in [-0.05, 0) is 42.3 Å². The van der Waals surface area contributed by atoms with E-state index in [1.165, 1.54) is 12.1 Å². The average molecular weight is 336 g/mol. The maximum absolute atomic E-state index is 13.1. The van der Waals surface area contributed by atoms with Crippen LogP contribution in [0.15, 0.2) is 42.5 Å². The lowest BCUT2D eigenvalue weighted by Crippen LogP contribution is -2.22. The summed E-state index contributed by atoms with van der Waals surface area (Å²) in [4.78, 5) is 23.4. The van der Waals surface area contributed by atoms with Crippen LogP contribution in [-0.4, -0.2) is 18.5 Å². The Morgan fingerprint density at radius 3 is 2.57 bits per heavy atom. The highest BCUT2D eigenvalue weighted by atomic mass is 35.5. The van der Waals surface area contributed by atoms with Crippen LogP contribution in [0.3, 0.4) is 0 Å². The number of benzene rings is 2. The molecule has 1 N–H and O–H groups in total. The number of ether oxygens (including phenoxy) is 1. The number of halogens is 2. The second-order valence-corrected chi connectivity index (χ2v) is 5.41. The third kappa shape index (κ3) is 5.38. The highest BCUT2D eigenvalue weighted by Gasteiger charge is 2.10. The minimum atomic E-state index is -0.529. The first-order valence-electron chi connectivity index (χ1n) is 6.90. The van der Waals surface area contributed by atoms with Crippen molar-refractivity contribution in [3.8, 4) is 0 Å². The van der Waals surface area contributed by atoms with Crippen molar-refractivity contribution in [2.75, 3.05) is 11.9 Å². The van der Waals surface area contributed by atoms with Crippen molar-refractivity contribution in [2.45, 2.75) is 13.3 Å². The van der Waals surface area contributed by atoms with Gasteiger partial charge in [0.2, 0.25) is 0 Å². The zero-order valence-electron chi connectivity index (χ0n) is 12.4. The minimum Gasteiger partial charge on any atom is -0.455 e. The fourth-order valence-electron chi connectivity index (χ4n) is 1.88. The van der Waals surface area contributed by atoms with Crippen LogP contribution in [0.4, 0.5) is 10.1 Å². The summed E-state index contributed by atoms with van der Waals surface area (Å²) in [6.07, 6.45) is 0.0451. The van der Waals surface area contributed by atoms with Gasteiger partial charge in [-0.2, -0.15) is 0 Å². The van der Waals surface area contributed by atoms with E-state index in [1.54, 1.807) is 37.3 Å². The SMILES string of the molecule is Cc1ccc(F)cc1NC(=O)COC(=O)Cc1ccc(Cl)cc1. The number of carbonyl (C=O) groups excluding carboxylic acids is 2. The van der Waals surface area contributed by atoms with Crippen molar-refractivity contribution in [1.29, 1.82) is 0 Å². The fourth-order valence-corrected chi connectivity index (χ4v) is 2.01. The zero-order chi connectivity index (χ0) is 16.8. The van der Waals surface area contributed by atoms with E-state index in [0.717, 1.165) is 5.56 Å². The molecule has 0 aliphatic carbocycles. The maximum Gasteiger partial charge on any atom is 0.310 e. The van der Waals surface area contributed by atoms with Gasteiger partial charge in [0, 0.05) is 10.7 Å². The third-order valence-electron chi connectivity index (χ3n) is 3.10. The highest BCUT2D eigenvalue weighted by molar-refractivity contribution is 6.30. The molecule has 0 fully saturated rings. The summed E-state index contributed by atoms with van der Waals surface area (Å²) in [5, 5.41) is 3.08. The van der Waals surface area contributed by atoms with Gasteiger partial charge in [0.1, 0.15) is 5.82 Å². The summed E-state index contributed by atoms with van der Waals surface area (Å²) in [5.74, 6) is -1.51. The molecule has 2 aromatic rings. The topological polar surface area (TPSA) is 55.4 Å². The van der Waals surface area contributed by atoms with Crippen molar-refractivity contribution in [2.24, 2.45) is 0 Å². The summed E-state index contributed by atoms with van der Waals surface area (Å²) in [6, 6.07) is 10.8. The molecule has 0 unspecified atom stereocenters. The van der Waals surface area contributed by atoms with Crippen LogP contribution < -0.4 is 5.32 Å². The van der Waals surface area contributed by atoms with Gasteiger partial charge >= 0.3 is 5.97 Å². The van der Waals surface area contributed by atoms with Gasteiger partial charge in [-0.3, -0.25) is 9.59 Å². The number of esters is 1. The van der Waals surface area contributed by atoms with E-state index in [0.29, 0.717) is 16.3 Å². The van der Waals surface area contributed by atoms with E-state index in [-0.39, 0.29) is 6.42 Å². The number of anilines is 1. The van der Waals surface area contributed by atoms with E-state index < -0.39 is 24.3 Å². The summed E-state index contributed by atoms with van der Waals surface area (Å²) in [7, 11) is 0. The van der Waals surface area contributed by atoms with Gasteiger partial charge in [0.05, 0.1) is 6.42 Å². The molecule has 0 aromatic heterocycles. The predicted molar refractivity (Wildman–Crippen MR) is 85.9 cm³/mol. The molecular weight excluding hydrogens is 321 g/mol. The van der Waals surface area contributed by atoms with Crippen LogP contribution in [0.25, 0.3) is 0 Å². The Morgan fingerprint density at radius 2 is 1.87 bits per heavy atom. The predicted octanol–water partition coefficient (Wildman–Crippen LogP) is 3.51. The molecule has 4 nitrogen and oxygen atoms in total. The van der Waals surface area contributed by atoms with Gasteiger partial charge in [0.25, 0.3) is 5.91 Å². The van der Waals surface area contributed by atoms with Gasteiger partial charge in [-0.25, -0.2) is 4.39 Å². The Labute approximate surface area is 138 Å². The fraction of sp³-hybridized carbons (Fsp3) is 0.176. The molecule has 0 saturated carbocycles. The Bertz CT molecular complexity index is 716. The number of hydrogen-bond acceptors (Lipinski definition) is 3. The second kappa shape index (κ2) is 7.74. The van der Waals surface area contributed by atoms with Gasteiger partial charge in [-0.15, -0.1) is 0 Å². The monoisotopic (exact) mass is 335 g/mol. The van der Waals surface area contributed by atoms with E-state index >= 15 is 0 Å². The third-order valence-corrected chi connectivity index (χ3v) is 3.35. The maximum atomic E-state index is 13.1. The average Bonchev–Trinajstić information content (AvgIpc) is 2.51. The molecular formula is C17H15ClFNO3. The lowest BCUT2D eigenvalue weighted by molar-refractivity contribution is -0.146. The van der Waals surface area contributed by atoms with E-state index in [4.69, 9.17) is 16.3 Å². The Hall–Kier alpha value is -2.40. The summed E-state index contributed by atoms with van der Waals surface area (Å²) in [5.41, 5.74) is 1.80. The first-order valence-corrected chi connectivity index (χ1v) is 7.28. The first-order chi connectivity index (χ1) is 10.9. The standard InChI is InChI=1S/C17H15ClFNO3/c1-11-2-7-14(19)9-15(11)20-16(21)10-23-17(22)8-12-3-5-13(18)6-4-12/h2-7,9H,8,10H2,1H3,(H,20,21). The second-order valence-electron chi connectivity index (χ2n) is 4.97. The number of aryl methyl sites for hydroxylation is 1. The molecule has 0 heterocycles. The van der Waals surface area contributed by atoms with Crippen LogP contribution in [0.5, 0.6) is 0 Å². The number of rotatable bonds is 5. The molecule has 23 heavy (non-hydrogen) atoms. The zero-order valence-corrected chi connectivity index (χ0v) is 13.2. The van der Waals surface area contributed by atoms with E-state index in [1.807, 2.05) is 0 Å². The quantitative estimate of drug-likeness (QED) is 0.851. The summed E-state index contributed by atoms with van der Waals surface area (Å²) >= 11 is 5.76. The number of nitrogens with one attached hydrogen (secondary N) is 1. The van der Waals surface area contributed by atoms with Gasteiger partial charge < -0.3 is 10.1 Å². The van der Waals surface area contributed by atoms with Crippen LogP contribution in [-0.2, 0) is 20.7 Å². The number of hydrogen-bond donors (Lipinski definition) is 1. The van der Waals surface area contributed by atoms with Crippen LogP contribution in [0, 0.1) is 12.7 Å². The van der Waals surface area contributed by atoms with Crippen molar-refractivity contribution < 1.29 is 18.7 Å². The molecule has 120 valence electrons. The highest BCUT2D eigenvalue weighted by Crippen LogP contribution is 2.15. The Morgan fingerprint density at radius 1 is 1.17 bits per heavy atom. The lowest BCUT2D eigenvalue weighted by atomic mass is 10.1. The largest absolute Gasteiger partial charge is 0.455 e. The summed E-state index contributed by atoms with van der Waals surface area (Å²) in [6.45, 7) is 1.31. The van der Waals surface area contributed by atoms with Gasteiger partial charge in [0.15, 0.2) is 6.61 Å². The lowest BCUT2D eigenvalue weighted by Gasteiger charge is -2.09.